The van der Waals surface area contributed by atoms with Crippen molar-refractivity contribution in [3.8, 4) is 0 Å². The summed E-state index contributed by atoms with van der Waals surface area (Å²) in [5.41, 5.74) is 1.16. The topological polar surface area (TPSA) is 102 Å². The molecular formula is C24H29FN2O5S. The second-order valence-corrected chi connectivity index (χ2v) is 11.0. The number of nitrogens with one attached hydrogen (secondary N) is 2. The highest BCUT2D eigenvalue weighted by Crippen LogP contribution is 2.22. The molecule has 2 aromatic carbocycles. The van der Waals surface area contributed by atoms with Crippen molar-refractivity contribution >= 4 is 27.5 Å². The van der Waals surface area contributed by atoms with Crippen LogP contribution in [0.5, 0.6) is 0 Å². The maximum Gasteiger partial charge on any atom is 0.411 e. The zero-order chi connectivity index (χ0) is 24.0. The predicted molar refractivity (Wildman–Crippen MR) is 123 cm³/mol. The van der Waals surface area contributed by atoms with Gasteiger partial charge < -0.3 is 10.1 Å². The number of ether oxygens (including phenoxy) is 1. The molecule has 1 aliphatic carbocycles. The number of hydrogen-bond donors (Lipinski definition) is 2. The Hall–Kier alpha value is -2.94. The Bertz CT molecular complexity index is 1070. The smallest absolute Gasteiger partial charge is 0.411 e. The van der Waals surface area contributed by atoms with Crippen molar-refractivity contribution in [2.75, 3.05) is 5.32 Å². The van der Waals surface area contributed by atoms with E-state index in [0.29, 0.717) is 18.5 Å². The van der Waals surface area contributed by atoms with Gasteiger partial charge in [0.25, 0.3) is 0 Å². The van der Waals surface area contributed by atoms with E-state index in [4.69, 9.17) is 4.74 Å². The van der Waals surface area contributed by atoms with Crippen LogP contribution in [-0.4, -0.2) is 37.8 Å². The molecule has 2 amide bonds. The van der Waals surface area contributed by atoms with Gasteiger partial charge in [0.2, 0.25) is 5.91 Å². The van der Waals surface area contributed by atoms with Gasteiger partial charge in [0, 0.05) is 18.2 Å². The minimum atomic E-state index is -3.35. The molecule has 0 aromatic heterocycles. The largest absolute Gasteiger partial charge is 0.446 e. The van der Waals surface area contributed by atoms with Crippen molar-refractivity contribution in [3.63, 3.8) is 0 Å². The molecule has 0 bridgehead atoms. The molecule has 0 spiro atoms. The third kappa shape index (κ3) is 7.02. The lowest BCUT2D eigenvalue weighted by atomic mass is 9.92. The van der Waals surface area contributed by atoms with Crippen molar-refractivity contribution in [1.82, 2.24) is 5.32 Å². The van der Waals surface area contributed by atoms with E-state index in [-0.39, 0.29) is 29.4 Å². The van der Waals surface area contributed by atoms with E-state index in [9.17, 15) is 22.4 Å². The molecule has 2 atom stereocenters. The van der Waals surface area contributed by atoms with Crippen LogP contribution < -0.4 is 10.6 Å². The Morgan fingerprint density at radius 2 is 1.73 bits per heavy atom. The van der Waals surface area contributed by atoms with Crippen LogP contribution >= 0.6 is 0 Å². The first-order valence-corrected chi connectivity index (χ1v) is 12.5. The van der Waals surface area contributed by atoms with Gasteiger partial charge in [0.05, 0.1) is 16.6 Å². The number of benzene rings is 2. The van der Waals surface area contributed by atoms with Gasteiger partial charge in [-0.15, -0.1) is 0 Å². The number of anilines is 1. The standard InChI is InChI=1S/C24H29FN2O5S/c1-16(2)33(30,31)22-12-6-17(7-13-22)14-23(28)26-20-4-3-5-21(15-20)32-24(29)27-19-10-8-18(25)9-11-19/h6-13,16,20-21H,3-5,14-15H2,1-2H3,(H,26,28)(H,27,29)/t20-,21+/m0/s1. The molecule has 7 nitrogen and oxygen atoms in total. The summed E-state index contributed by atoms with van der Waals surface area (Å²) in [7, 11) is -3.35. The number of halogens is 1. The van der Waals surface area contributed by atoms with Crippen LogP contribution in [0, 0.1) is 5.82 Å². The van der Waals surface area contributed by atoms with Crippen LogP contribution in [0.25, 0.3) is 0 Å². The molecule has 178 valence electrons. The van der Waals surface area contributed by atoms with Crippen molar-refractivity contribution in [2.24, 2.45) is 0 Å². The summed E-state index contributed by atoms with van der Waals surface area (Å²) in [5, 5.41) is 5.04. The van der Waals surface area contributed by atoms with E-state index in [0.717, 1.165) is 18.4 Å². The van der Waals surface area contributed by atoms with E-state index >= 15 is 0 Å². The lowest BCUT2D eigenvalue weighted by Gasteiger charge is -2.29. The summed E-state index contributed by atoms with van der Waals surface area (Å²) in [6.45, 7) is 3.26. The highest BCUT2D eigenvalue weighted by molar-refractivity contribution is 7.92. The van der Waals surface area contributed by atoms with Crippen LogP contribution in [-0.2, 0) is 25.8 Å². The van der Waals surface area contributed by atoms with Crippen LogP contribution in [0.4, 0.5) is 14.9 Å². The molecule has 33 heavy (non-hydrogen) atoms. The molecular weight excluding hydrogens is 447 g/mol. The fraction of sp³-hybridized carbons (Fsp3) is 0.417. The molecule has 0 aliphatic heterocycles. The van der Waals surface area contributed by atoms with E-state index in [1.54, 1.807) is 26.0 Å². The van der Waals surface area contributed by atoms with E-state index in [2.05, 4.69) is 10.6 Å². The van der Waals surface area contributed by atoms with Gasteiger partial charge in [-0.1, -0.05) is 12.1 Å². The quantitative estimate of drug-likeness (QED) is 0.623. The molecule has 0 saturated heterocycles. The second-order valence-electron chi connectivity index (χ2n) is 8.50. The molecule has 2 N–H and O–H groups in total. The number of sulfone groups is 1. The van der Waals surface area contributed by atoms with Gasteiger partial charge in [0.1, 0.15) is 11.9 Å². The lowest BCUT2D eigenvalue weighted by Crippen LogP contribution is -2.41. The molecule has 1 aliphatic rings. The molecule has 1 saturated carbocycles. The van der Waals surface area contributed by atoms with Gasteiger partial charge in [-0.05, 0) is 75.1 Å². The monoisotopic (exact) mass is 476 g/mol. The summed E-state index contributed by atoms with van der Waals surface area (Å²) in [4.78, 5) is 24.9. The van der Waals surface area contributed by atoms with E-state index < -0.39 is 27.0 Å². The lowest BCUT2D eigenvalue weighted by molar-refractivity contribution is -0.121. The summed E-state index contributed by atoms with van der Waals surface area (Å²) in [6, 6.07) is 11.6. The summed E-state index contributed by atoms with van der Waals surface area (Å²) >= 11 is 0. The average Bonchev–Trinajstić information content (AvgIpc) is 2.75. The Labute approximate surface area is 193 Å². The van der Waals surface area contributed by atoms with Gasteiger partial charge in [-0.3, -0.25) is 10.1 Å². The van der Waals surface area contributed by atoms with Gasteiger partial charge in [-0.25, -0.2) is 17.6 Å². The zero-order valence-electron chi connectivity index (χ0n) is 18.7. The van der Waals surface area contributed by atoms with Crippen LogP contribution in [0.1, 0.15) is 45.1 Å². The number of rotatable bonds is 7. The third-order valence-corrected chi connectivity index (χ3v) is 7.76. The summed E-state index contributed by atoms with van der Waals surface area (Å²) in [6.07, 6.45) is 2.00. The highest BCUT2D eigenvalue weighted by atomic mass is 32.2. The first-order valence-electron chi connectivity index (χ1n) is 11.0. The minimum absolute atomic E-state index is 0.115. The third-order valence-electron chi connectivity index (χ3n) is 5.59. The van der Waals surface area contributed by atoms with Crippen LogP contribution in [0.15, 0.2) is 53.4 Å². The van der Waals surface area contributed by atoms with Crippen molar-refractivity contribution < 1.29 is 27.1 Å². The average molecular weight is 477 g/mol. The Balaban J connectivity index is 1.48. The first kappa shape index (κ1) is 24.7. The van der Waals surface area contributed by atoms with E-state index in [1.165, 1.54) is 36.4 Å². The molecule has 0 radical (unpaired) electrons. The number of hydrogen-bond acceptors (Lipinski definition) is 5. The fourth-order valence-corrected chi connectivity index (χ4v) is 4.81. The maximum absolute atomic E-state index is 13.0. The van der Waals surface area contributed by atoms with E-state index in [1.807, 2.05) is 0 Å². The fourth-order valence-electron chi connectivity index (χ4n) is 3.75. The second kappa shape index (κ2) is 10.8. The summed E-state index contributed by atoms with van der Waals surface area (Å²) in [5.74, 6) is -0.563. The molecule has 3 rings (SSSR count). The molecule has 1 fully saturated rings. The molecule has 2 aromatic rings. The predicted octanol–water partition coefficient (Wildman–Crippen LogP) is 4.23. The van der Waals surface area contributed by atoms with Gasteiger partial charge in [0.15, 0.2) is 9.84 Å². The minimum Gasteiger partial charge on any atom is -0.446 e. The summed E-state index contributed by atoms with van der Waals surface area (Å²) < 4.78 is 42.9. The van der Waals surface area contributed by atoms with Crippen molar-refractivity contribution in [1.29, 1.82) is 0 Å². The number of carbonyl (C=O) groups excluding carboxylic acids is 2. The normalized spacial score (nSPS) is 18.5. The van der Waals surface area contributed by atoms with Crippen LogP contribution in [0.3, 0.4) is 0 Å². The SMILES string of the molecule is CC(C)S(=O)(=O)c1ccc(CC(=O)N[C@H]2CCC[C@@H](OC(=O)Nc3ccc(F)cc3)C2)cc1. The molecule has 0 heterocycles. The maximum atomic E-state index is 13.0. The number of carbonyl (C=O) groups is 2. The van der Waals surface area contributed by atoms with Gasteiger partial charge in [-0.2, -0.15) is 0 Å². The Morgan fingerprint density at radius 1 is 1.06 bits per heavy atom. The van der Waals surface area contributed by atoms with Crippen molar-refractivity contribution in [2.45, 2.75) is 68.2 Å². The molecule has 9 heteroatoms. The Morgan fingerprint density at radius 3 is 2.36 bits per heavy atom. The number of amides is 2. The molecule has 0 unspecified atom stereocenters. The first-order chi connectivity index (χ1) is 15.6. The zero-order valence-corrected chi connectivity index (χ0v) is 19.5. The highest BCUT2D eigenvalue weighted by Gasteiger charge is 2.26. The van der Waals surface area contributed by atoms with Crippen molar-refractivity contribution in [3.05, 3.63) is 59.9 Å². The Kier molecular flexibility index (Phi) is 8.07. The van der Waals surface area contributed by atoms with Crippen LogP contribution in [0.2, 0.25) is 0 Å². The van der Waals surface area contributed by atoms with Gasteiger partial charge >= 0.3 is 6.09 Å².